The molecule has 0 spiro atoms. The summed E-state index contributed by atoms with van der Waals surface area (Å²) in [5.74, 6) is 0.248. The zero-order valence-corrected chi connectivity index (χ0v) is 11.7. The standard InChI is InChI=1S/C16H24FNO/c1-2-10-19-11-9-14(12-18-16-7-8-16)13-3-5-15(17)6-4-13/h3-6,14,16,18H,2,7-12H2,1H3. The maximum absolute atomic E-state index is 13.0. The lowest BCUT2D eigenvalue weighted by molar-refractivity contribution is 0.127. The molecular formula is C16H24FNO. The molecule has 0 aliphatic heterocycles. The summed E-state index contributed by atoms with van der Waals surface area (Å²) in [7, 11) is 0. The third-order valence-corrected chi connectivity index (χ3v) is 3.53. The Balaban J connectivity index is 1.85. The maximum atomic E-state index is 13.0. The lowest BCUT2D eigenvalue weighted by atomic mass is 9.96. The maximum Gasteiger partial charge on any atom is 0.123 e. The lowest BCUT2D eigenvalue weighted by Gasteiger charge is -2.18. The van der Waals surface area contributed by atoms with Crippen LogP contribution in [-0.4, -0.2) is 25.8 Å². The van der Waals surface area contributed by atoms with Crippen LogP contribution in [0.3, 0.4) is 0 Å². The molecule has 0 aromatic heterocycles. The van der Waals surface area contributed by atoms with E-state index in [9.17, 15) is 4.39 Å². The van der Waals surface area contributed by atoms with Crippen LogP contribution in [0.25, 0.3) is 0 Å². The van der Waals surface area contributed by atoms with Gasteiger partial charge in [-0.1, -0.05) is 19.1 Å². The summed E-state index contributed by atoms with van der Waals surface area (Å²) in [6.07, 6.45) is 4.64. The topological polar surface area (TPSA) is 21.3 Å². The molecule has 1 aromatic carbocycles. The van der Waals surface area contributed by atoms with E-state index in [2.05, 4.69) is 12.2 Å². The summed E-state index contributed by atoms with van der Waals surface area (Å²) in [4.78, 5) is 0. The Bertz CT molecular complexity index is 362. The number of hydrogen-bond acceptors (Lipinski definition) is 2. The zero-order chi connectivity index (χ0) is 13.5. The van der Waals surface area contributed by atoms with E-state index in [0.717, 1.165) is 32.6 Å². The second-order valence-electron chi connectivity index (χ2n) is 5.33. The van der Waals surface area contributed by atoms with E-state index in [1.54, 1.807) is 12.1 Å². The van der Waals surface area contributed by atoms with E-state index >= 15 is 0 Å². The first-order chi connectivity index (χ1) is 9.29. The highest BCUT2D eigenvalue weighted by atomic mass is 19.1. The van der Waals surface area contributed by atoms with Crippen molar-refractivity contribution in [2.45, 2.75) is 44.6 Å². The minimum Gasteiger partial charge on any atom is -0.381 e. The van der Waals surface area contributed by atoms with Crippen LogP contribution in [0.1, 0.15) is 44.1 Å². The Hall–Kier alpha value is -0.930. The van der Waals surface area contributed by atoms with Gasteiger partial charge in [0.15, 0.2) is 0 Å². The molecule has 0 amide bonds. The average Bonchev–Trinajstić information content (AvgIpc) is 3.23. The Morgan fingerprint density at radius 1 is 1.26 bits per heavy atom. The number of nitrogens with one attached hydrogen (secondary N) is 1. The molecule has 1 aliphatic carbocycles. The number of halogens is 1. The molecule has 106 valence electrons. The van der Waals surface area contributed by atoms with Gasteiger partial charge in [0.05, 0.1) is 0 Å². The monoisotopic (exact) mass is 265 g/mol. The van der Waals surface area contributed by atoms with Crippen LogP contribution in [0.15, 0.2) is 24.3 Å². The van der Waals surface area contributed by atoms with Crippen LogP contribution in [0.4, 0.5) is 4.39 Å². The van der Waals surface area contributed by atoms with Gasteiger partial charge in [0.2, 0.25) is 0 Å². The van der Waals surface area contributed by atoms with Gasteiger partial charge in [0.1, 0.15) is 5.82 Å². The van der Waals surface area contributed by atoms with E-state index in [4.69, 9.17) is 4.74 Å². The Kier molecular flexibility index (Phi) is 5.80. The second-order valence-corrected chi connectivity index (χ2v) is 5.33. The zero-order valence-electron chi connectivity index (χ0n) is 11.7. The van der Waals surface area contributed by atoms with Crippen LogP contribution in [0.2, 0.25) is 0 Å². The van der Waals surface area contributed by atoms with Crippen molar-refractivity contribution in [1.29, 1.82) is 0 Å². The van der Waals surface area contributed by atoms with Gasteiger partial charge in [-0.25, -0.2) is 4.39 Å². The summed E-state index contributed by atoms with van der Waals surface area (Å²) in [5, 5.41) is 3.56. The van der Waals surface area contributed by atoms with Gasteiger partial charge in [-0.15, -0.1) is 0 Å². The minimum atomic E-state index is -0.167. The summed E-state index contributed by atoms with van der Waals surface area (Å²) in [5.41, 5.74) is 1.20. The van der Waals surface area contributed by atoms with Gasteiger partial charge in [-0.2, -0.15) is 0 Å². The average molecular weight is 265 g/mol. The van der Waals surface area contributed by atoms with Gasteiger partial charge in [-0.3, -0.25) is 0 Å². The SMILES string of the molecule is CCCOCCC(CNC1CC1)c1ccc(F)cc1. The highest BCUT2D eigenvalue weighted by Gasteiger charge is 2.22. The first-order valence-corrected chi connectivity index (χ1v) is 7.36. The Morgan fingerprint density at radius 2 is 2.00 bits per heavy atom. The van der Waals surface area contributed by atoms with Crippen molar-refractivity contribution in [3.05, 3.63) is 35.6 Å². The molecule has 1 aromatic rings. The molecule has 1 saturated carbocycles. The molecule has 0 heterocycles. The van der Waals surface area contributed by atoms with Crippen LogP contribution in [-0.2, 0) is 4.74 Å². The summed E-state index contributed by atoms with van der Waals surface area (Å²) in [6.45, 7) is 4.69. The fraction of sp³-hybridized carbons (Fsp3) is 0.625. The van der Waals surface area contributed by atoms with E-state index in [1.165, 1.54) is 18.4 Å². The molecular weight excluding hydrogens is 241 g/mol. The number of rotatable bonds is 9. The molecule has 1 aliphatic rings. The van der Waals surface area contributed by atoms with Crippen LogP contribution >= 0.6 is 0 Å². The van der Waals surface area contributed by atoms with Gasteiger partial charge in [0, 0.05) is 25.8 Å². The molecule has 1 fully saturated rings. The van der Waals surface area contributed by atoms with Crippen molar-refractivity contribution in [3.8, 4) is 0 Å². The van der Waals surface area contributed by atoms with E-state index < -0.39 is 0 Å². The lowest BCUT2D eigenvalue weighted by Crippen LogP contribution is -2.24. The predicted octanol–water partition coefficient (Wildman–Crippen LogP) is 3.48. The smallest absolute Gasteiger partial charge is 0.123 e. The summed E-state index contributed by atoms with van der Waals surface area (Å²) < 4.78 is 18.6. The van der Waals surface area contributed by atoms with Gasteiger partial charge in [0.25, 0.3) is 0 Å². The first kappa shape index (κ1) is 14.5. The van der Waals surface area contributed by atoms with Gasteiger partial charge < -0.3 is 10.1 Å². The van der Waals surface area contributed by atoms with Crippen molar-refractivity contribution in [3.63, 3.8) is 0 Å². The molecule has 19 heavy (non-hydrogen) atoms. The Morgan fingerprint density at radius 3 is 2.63 bits per heavy atom. The second kappa shape index (κ2) is 7.61. The van der Waals surface area contributed by atoms with Crippen LogP contribution in [0.5, 0.6) is 0 Å². The molecule has 0 saturated heterocycles. The molecule has 0 bridgehead atoms. The molecule has 2 rings (SSSR count). The molecule has 1 N–H and O–H groups in total. The van der Waals surface area contributed by atoms with E-state index in [1.807, 2.05) is 12.1 Å². The number of ether oxygens (including phenoxy) is 1. The molecule has 2 nitrogen and oxygen atoms in total. The quantitative estimate of drug-likeness (QED) is 0.690. The first-order valence-electron chi connectivity index (χ1n) is 7.36. The third-order valence-electron chi connectivity index (χ3n) is 3.53. The molecule has 3 heteroatoms. The molecule has 1 atom stereocenters. The van der Waals surface area contributed by atoms with E-state index in [0.29, 0.717) is 12.0 Å². The van der Waals surface area contributed by atoms with Crippen molar-refractivity contribution in [1.82, 2.24) is 5.32 Å². The molecule has 1 unspecified atom stereocenters. The summed E-state index contributed by atoms with van der Waals surface area (Å²) in [6, 6.07) is 7.60. The number of benzene rings is 1. The van der Waals surface area contributed by atoms with Crippen molar-refractivity contribution in [2.75, 3.05) is 19.8 Å². The van der Waals surface area contributed by atoms with Crippen molar-refractivity contribution >= 4 is 0 Å². The number of hydrogen-bond donors (Lipinski definition) is 1. The van der Waals surface area contributed by atoms with Gasteiger partial charge >= 0.3 is 0 Å². The predicted molar refractivity (Wildman–Crippen MR) is 75.9 cm³/mol. The van der Waals surface area contributed by atoms with E-state index in [-0.39, 0.29) is 5.82 Å². The van der Waals surface area contributed by atoms with Crippen molar-refractivity contribution < 1.29 is 9.13 Å². The minimum absolute atomic E-state index is 0.167. The van der Waals surface area contributed by atoms with Crippen molar-refractivity contribution in [2.24, 2.45) is 0 Å². The summed E-state index contributed by atoms with van der Waals surface area (Å²) >= 11 is 0. The fourth-order valence-corrected chi connectivity index (χ4v) is 2.19. The van der Waals surface area contributed by atoms with Gasteiger partial charge in [-0.05, 0) is 49.3 Å². The normalized spacial score (nSPS) is 16.5. The Labute approximate surface area is 115 Å². The molecule has 0 radical (unpaired) electrons. The third kappa shape index (κ3) is 5.29. The largest absolute Gasteiger partial charge is 0.381 e. The fourth-order valence-electron chi connectivity index (χ4n) is 2.19. The van der Waals surface area contributed by atoms with Crippen LogP contribution < -0.4 is 5.32 Å². The highest BCUT2D eigenvalue weighted by Crippen LogP contribution is 2.23. The highest BCUT2D eigenvalue weighted by molar-refractivity contribution is 5.21. The van der Waals surface area contributed by atoms with Crippen LogP contribution in [0, 0.1) is 5.82 Å².